The van der Waals surface area contributed by atoms with Gasteiger partial charge in [-0.25, -0.2) is 0 Å². The molecule has 0 unspecified atom stereocenters. The molecule has 0 heterocycles. The van der Waals surface area contributed by atoms with Crippen LogP contribution in [0.2, 0.25) is 0 Å². The van der Waals surface area contributed by atoms with E-state index < -0.39 is 0 Å². The van der Waals surface area contributed by atoms with Gasteiger partial charge in [-0.1, -0.05) is 31.2 Å². The molecule has 1 aromatic rings. The fourth-order valence-electron chi connectivity index (χ4n) is 1.49. The second-order valence-electron chi connectivity index (χ2n) is 4.48. The van der Waals surface area contributed by atoms with Crippen LogP contribution in [0.3, 0.4) is 0 Å². The lowest BCUT2D eigenvalue weighted by Crippen LogP contribution is -2.38. The van der Waals surface area contributed by atoms with Crippen LogP contribution in [0.1, 0.15) is 31.9 Å². The monoisotopic (exact) mass is 191 g/mol. The smallest absolute Gasteiger partial charge is 0.0162 e. The highest BCUT2D eigenvalue weighted by Crippen LogP contribution is 2.13. The van der Waals surface area contributed by atoms with Crippen LogP contribution in [0, 0.1) is 0 Å². The molecule has 0 amide bonds. The first kappa shape index (κ1) is 11.3. The molecule has 1 heteroatoms. The molecule has 0 saturated heterocycles. The van der Waals surface area contributed by atoms with Crippen molar-refractivity contribution in [3.8, 4) is 0 Å². The zero-order chi connectivity index (χ0) is 10.6. The van der Waals surface area contributed by atoms with Crippen LogP contribution in [0.25, 0.3) is 0 Å². The van der Waals surface area contributed by atoms with E-state index in [1.807, 2.05) is 7.05 Å². The predicted octanol–water partition coefficient (Wildman–Crippen LogP) is 2.79. The summed E-state index contributed by atoms with van der Waals surface area (Å²) in [4.78, 5) is 0. The van der Waals surface area contributed by atoms with Crippen LogP contribution < -0.4 is 5.32 Å². The van der Waals surface area contributed by atoms with Crippen molar-refractivity contribution in [1.29, 1.82) is 0 Å². The van der Waals surface area contributed by atoms with Crippen molar-refractivity contribution < 1.29 is 0 Å². The highest BCUT2D eigenvalue weighted by Gasteiger charge is 2.14. The quantitative estimate of drug-likeness (QED) is 0.771. The summed E-state index contributed by atoms with van der Waals surface area (Å²) in [6.07, 6.45) is 2.20. The molecule has 0 bridgehead atoms. The highest BCUT2D eigenvalue weighted by molar-refractivity contribution is 5.23. The van der Waals surface area contributed by atoms with E-state index in [1.54, 1.807) is 0 Å². The fraction of sp³-hybridized carbons (Fsp3) is 0.538. The Kier molecular flexibility index (Phi) is 3.70. The number of aryl methyl sites for hydroxylation is 1. The Morgan fingerprint density at radius 1 is 1.07 bits per heavy atom. The van der Waals surface area contributed by atoms with Crippen LogP contribution in [-0.2, 0) is 12.8 Å². The van der Waals surface area contributed by atoms with Crippen molar-refractivity contribution in [1.82, 2.24) is 5.32 Å². The number of nitrogens with one attached hydrogen (secondary N) is 1. The molecule has 0 aromatic heterocycles. The summed E-state index contributed by atoms with van der Waals surface area (Å²) in [5.74, 6) is 0. The first-order valence-electron chi connectivity index (χ1n) is 5.34. The predicted molar refractivity (Wildman–Crippen MR) is 62.7 cm³/mol. The molecule has 0 fully saturated rings. The number of rotatable bonds is 4. The van der Waals surface area contributed by atoms with E-state index in [2.05, 4.69) is 50.4 Å². The molecule has 78 valence electrons. The number of hydrogen-bond donors (Lipinski definition) is 1. The SMILES string of the molecule is CCc1ccc(CC(C)(C)NC)cc1. The van der Waals surface area contributed by atoms with E-state index in [9.17, 15) is 0 Å². The third-order valence-corrected chi connectivity index (χ3v) is 2.75. The van der Waals surface area contributed by atoms with Gasteiger partial charge < -0.3 is 5.32 Å². The second kappa shape index (κ2) is 4.61. The van der Waals surface area contributed by atoms with Gasteiger partial charge in [-0.05, 0) is 44.9 Å². The first-order chi connectivity index (χ1) is 6.57. The second-order valence-corrected chi connectivity index (χ2v) is 4.48. The Hall–Kier alpha value is -0.820. The van der Waals surface area contributed by atoms with Gasteiger partial charge in [-0.15, -0.1) is 0 Å². The van der Waals surface area contributed by atoms with Crippen molar-refractivity contribution >= 4 is 0 Å². The lowest BCUT2D eigenvalue weighted by atomic mass is 9.94. The maximum atomic E-state index is 3.32. The highest BCUT2D eigenvalue weighted by atomic mass is 14.9. The number of likely N-dealkylation sites (N-methyl/N-ethyl adjacent to an activating group) is 1. The van der Waals surface area contributed by atoms with Crippen LogP contribution in [0.15, 0.2) is 24.3 Å². The molecule has 1 rings (SSSR count). The first-order valence-corrected chi connectivity index (χ1v) is 5.34. The van der Waals surface area contributed by atoms with Gasteiger partial charge in [0.15, 0.2) is 0 Å². The van der Waals surface area contributed by atoms with Crippen LogP contribution >= 0.6 is 0 Å². The summed E-state index contributed by atoms with van der Waals surface area (Å²) < 4.78 is 0. The summed E-state index contributed by atoms with van der Waals surface area (Å²) in [5.41, 5.74) is 3.01. The van der Waals surface area contributed by atoms with Crippen molar-refractivity contribution in [3.63, 3.8) is 0 Å². The minimum atomic E-state index is 0.188. The lowest BCUT2D eigenvalue weighted by Gasteiger charge is -2.24. The van der Waals surface area contributed by atoms with Gasteiger partial charge in [-0.3, -0.25) is 0 Å². The zero-order valence-electron chi connectivity index (χ0n) is 9.72. The largest absolute Gasteiger partial charge is 0.314 e. The summed E-state index contributed by atoms with van der Waals surface area (Å²) in [6, 6.07) is 8.91. The van der Waals surface area contributed by atoms with Crippen molar-refractivity contribution in [3.05, 3.63) is 35.4 Å². The van der Waals surface area contributed by atoms with E-state index >= 15 is 0 Å². The van der Waals surface area contributed by atoms with E-state index in [0.29, 0.717) is 0 Å². The van der Waals surface area contributed by atoms with E-state index in [4.69, 9.17) is 0 Å². The lowest BCUT2D eigenvalue weighted by molar-refractivity contribution is 0.422. The van der Waals surface area contributed by atoms with Crippen molar-refractivity contribution in [2.45, 2.75) is 39.2 Å². The molecular formula is C13H21N. The Bertz CT molecular complexity index is 272. The maximum Gasteiger partial charge on any atom is 0.0162 e. The molecule has 1 nitrogen and oxygen atoms in total. The van der Waals surface area contributed by atoms with Crippen LogP contribution in [0.4, 0.5) is 0 Å². The molecule has 0 aliphatic carbocycles. The molecule has 0 aliphatic rings. The third-order valence-electron chi connectivity index (χ3n) is 2.75. The Morgan fingerprint density at radius 2 is 1.57 bits per heavy atom. The van der Waals surface area contributed by atoms with Gasteiger partial charge in [-0.2, -0.15) is 0 Å². The number of hydrogen-bond acceptors (Lipinski definition) is 1. The molecular weight excluding hydrogens is 170 g/mol. The van der Waals surface area contributed by atoms with Crippen LogP contribution in [-0.4, -0.2) is 12.6 Å². The summed E-state index contributed by atoms with van der Waals surface area (Å²) in [5, 5.41) is 3.32. The minimum Gasteiger partial charge on any atom is -0.314 e. The standard InChI is InChI=1S/C13H21N/c1-5-11-6-8-12(9-7-11)10-13(2,3)14-4/h6-9,14H,5,10H2,1-4H3. The Balaban J connectivity index is 2.69. The summed E-state index contributed by atoms with van der Waals surface area (Å²) in [6.45, 7) is 6.63. The van der Waals surface area contributed by atoms with Gasteiger partial charge in [0, 0.05) is 5.54 Å². The minimum absolute atomic E-state index is 0.188. The van der Waals surface area contributed by atoms with Crippen molar-refractivity contribution in [2.24, 2.45) is 0 Å². The fourth-order valence-corrected chi connectivity index (χ4v) is 1.49. The maximum absolute atomic E-state index is 3.32. The average Bonchev–Trinajstić information content (AvgIpc) is 2.19. The zero-order valence-corrected chi connectivity index (χ0v) is 9.72. The molecule has 0 atom stereocenters. The van der Waals surface area contributed by atoms with E-state index in [0.717, 1.165) is 12.8 Å². The van der Waals surface area contributed by atoms with Gasteiger partial charge in [0.2, 0.25) is 0 Å². The molecule has 0 spiro atoms. The van der Waals surface area contributed by atoms with Gasteiger partial charge >= 0.3 is 0 Å². The van der Waals surface area contributed by atoms with Gasteiger partial charge in [0.25, 0.3) is 0 Å². The molecule has 0 aliphatic heterocycles. The average molecular weight is 191 g/mol. The number of benzene rings is 1. The van der Waals surface area contributed by atoms with Gasteiger partial charge in [0.1, 0.15) is 0 Å². The summed E-state index contributed by atoms with van der Waals surface area (Å²) in [7, 11) is 2.01. The normalized spacial score (nSPS) is 11.7. The molecule has 14 heavy (non-hydrogen) atoms. The summed E-state index contributed by atoms with van der Waals surface area (Å²) >= 11 is 0. The van der Waals surface area contributed by atoms with E-state index in [1.165, 1.54) is 11.1 Å². The molecule has 0 saturated carbocycles. The van der Waals surface area contributed by atoms with Gasteiger partial charge in [0.05, 0.1) is 0 Å². The Labute approximate surface area is 87.5 Å². The molecule has 1 aromatic carbocycles. The Morgan fingerprint density at radius 3 is 2.00 bits per heavy atom. The third kappa shape index (κ3) is 3.15. The van der Waals surface area contributed by atoms with Crippen LogP contribution in [0.5, 0.6) is 0 Å². The van der Waals surface area contributed by atoms with E-state index in [-0.39, 0.29) is 5.54 Å². The van der Waals surface area contributed by atoms with Crippen molar-refractivity contribution in [2.75, 3.05) is 7.05 Å². The molecule has 1 N–H and O–H groups in total. The molecule has 0 radical (unpaired) electrons. The topological polar surface area (TPSA) is 12.0 Å².